The summed E-state index contributed by atoms with van der Waals surface area (Å²) in [6.07, 6.45) is 0. The van der Waals surface area contributed by atoms with E-state index in [1.807, 2.05) is 31.6 Å². The molecule has 0 spiro atoms. The minimum atomic E-state index is 0.424. The molecule has 0 aliphatic rings. The molecule has 0 saturated heterocycles. The van der Waals surface area contributed by atoms with Crippen molar-refractivity contribution >= 4 is 11.6 Å². The molecule has 2 aromatic rings. The normalized spacial score (nSPS) is 10.9. The molecule has 2 rings (SSSR count). The standard InChI is InChI=1S/C16H22ClN3O/c1-5-20-14(16(17)12(3)19-20)10-21-15-7-6-11(2)8-13(15)9-18-4/h6-8,18H,5,9-10H2,1-4H3. The fraction of sp³-hybridized carbons (Fsp3) is 0.438. The first-order chi connectivity index (χ1) is 10.1. The van der Waals surface area contributed by atoms with Crippen molar-refractivity contribution in [2.75, 3.05) is 7.05 Å². The predicted octanol–water partition coefficient (Wildman–Crippen LogP) is 3.47. The Morgan fingerprint density at radius 1 is 1.33 bits per heavy atom. The number of benzene rings is 1. The molecule has 0 atom stereocenters. The molecule has 0 bridgehead atoms. The van der Waals surface area contributed by atoms with Gasteiger partial charge in [-0.15, -0.1) is 0 Å². The lowest BCUT2D eigenvalue weighted by atomic mass is 10.1. The second kappa shape index (κ2) is 6.96. The third-order valence-corrected chi connectivity index (χ3v) is 3.89. The van der Waals surface area contributed by atoms with Gasteiger partial charge >= 0.3 is 0 Å². The summed E-state index contributed by atoms with van der Waals surface area (Å²) < 4.78 is 7.87. The van der Waals surface area contributed by atoms with E-state index in [1.165, 1.54) is 5.56 Å². The van der Waals surface area contributed by atoms with E-state index in [1.54, 1.807) is 0 Å². The molecule has 0 radical (unpaired) electrons. The molecule has 5 heteroatoms. The van der Waals surface area contributed by atoms with E-state index in [4.69, 9.17) is 16.3 Å². The summed E-state index contributed by atoms with van der Waals surface area (Å²) >= 11 is 6.31. The van der Waals surface area contributed by atoms with Crippen molar-refractivity contribution in [2.24, 2.45) is 0 Å². The molecule has 0 aliphatic carbocycles. The van der Waals surface area contributed by atoms with E-state index >= 15 is 0 Å². The highest BCUT2D eigenvalue weighted by Crippen LogP contribution is 2.25. The van der Waals surface area contributed by atoms with Crippen LogP contribution in [-0.2, 0) is 19.7 Å². The first-order valence-electron chi connectivity index (χ1n) is 7.15. The molecule has 114 valence electrons. The van der Waals surface area contributed by atoms with Crippen LogP contribution in [0.15, 0.2) is 18.2 Å². The second-order valence-electron chi connectivity index (χ2n) is 5.09. The largest absolute Gasteiger partial charge is 0.487 e. The third-order valence-electron chi connectivity index (χ3n) is 3.40. The molecule has 0 aliphatic heterocycles. The first-order valence-corrected chi connectivity index (χ1v) is 7.53. The van der Waals surface area contributed by atoms with Gasteiger partial charge in [-0.1, -0.05) is 29.3 Å². The smallest absolute Gasteiger partial charge is 0.131 e. The summed E-state index contributed by atoms with van der Waals surface area (Å²) in [5.41, 5.74) is 4.14. The van der Waals surface area contributed by atoms with Gasteiger partial charge in [0.25, 0.3) is 0 Å². The van der Waals surface area contributed by atoms with Crippen molar-refractivity contribution in [1.82, 2.24) is 15.1 Å². The van der Waals surface area contributed by atoms with E-state index < -0.39 is 0 Å². The summed E-state index contributed by atoms with van der Waals surface area (Å²) in [4.78, 5) is 0. The molecule has 0 saturated carbocycles. The topological polar surface area (TPSA) is 39.1 Å². The van der Waals surface area contributed by atoms with Crippen LogP contribution in [-0.4, -0.2) is 16.8 Å². The van der Waals surface area contributed by atoms with Gasteiger partial charge in [-0.2, -0.15) is 5.10 Å². The lowest BCUT2D eigenvalue weighted by Gasteiger charge is -2.13. The lowest BCUT2D eigenvalue weighted by Crippen LogP contribution is -2.10. The van der Waals surface area contributed by atoms with Crippen molar-refractivity contribution < 1.29 is 4.74 Å². The Labute approximate surface area is 131 Å². The number of ether oxygens (including phenoxy) is 1. The van der Waals surface area contributed by atoms with Gasteiger partial charge in [-0.05, 0) is 33.9 Å². The number of halogens is 1. The number of hydrogen-bond donors (Lipinski definition) is 1. The molecule has 1 heterocycles. The Morgan fingerprint density at radius 2 is 2.10 bits per heavy atom. The molecule has 1 aromatic carbocycles. The quantitative estimate of drug-likeness (QED) is 0.888. The predicted molar refractivity (Wildman–Crippen MR) is 85.9 cm³/mol. The Morgan fingerprint density at radius 3 is 2.76 bits per heavy atom. The summed E-state index contributed by atoms with van der Waals surface area (Å²) in [5.74, 6) is 0.882. The average molecular weight is 308 g/mol. The number of aromatic nitrogens is 2. The van der Waals surface area contributed by atoms with Crippen molar-refractivity contribution in [2.45, 2.75) is 40.5 Å². The van der Waals surface area contributed by atoms with Crippen LogP contribution in [0.1, 0.15) is 29.4 Å². The molecule has 0 unspecified atom stereocenters. The van der Waals surface area contributed by atoms with E-state index in [-0.39, 0.29) is 0 Å². The van der Waals surface area contributed by atoms with Crippen LogP contribution in [0.5, 0.6) is 5.75 Å². The van der Waals surface area contributed by atoms with Crippen LogP contribution in [0.25, 0.3) is 0 Å². The van der Waals surface area contributed by atoms with Gasteiger partial charge in [-0.25, -0.2) is 0 Å². The van der Waals surface area contributed by atoms with Gasteiger partial charge in [0.2, 0.25) is 0 Å². The SMILES string of the molecule is CCn1nc(C)c(Cl)c1COc1ccc(C)cc1CNC. The summed E-state index contributed by atoms with van der Waals surface area (Å²) in [6, 6.07) is 6.20. The van der Waals surface area contributed by atoms with Crippen molar-refractivity contribution in [3.05, 3.63) is 45.7 Å². The number of rotatable bonds is 6. The summed E-state index contributed by atoms with van der Waals surface area (Å²) in [6.45, 7) is 8.02. The van der Waals surface area contributed by atoms with Crippen LogP contribution in [0.2, 0.25) is 5.02 Å². The lowest BCUT2D eigenvalue weighted by molar-refractivity contribution is 0.289. The number of aryl methyl sites for hydroxylation is 3. The zero-order valence-corrected chi connectivity index (χ0v) is 13.8. The molecular weight excluding hydrogens is 286 g/mol. The van der Waals surface area contributed by atoms with E-state index in [0.29, 0.717) is 11.6 Å². The maximum Gasteiger partial charge on any atom is 0.131 e. The molecule has 1 aromatic heterocycles. The summed E-state index contributed by atoms with van der Waals surface area (Å²) in [5, 5.41) is 8.26. The second-order valence-corrected chi connectivity index (χ2v) is 5.47. The zero-order chi connectivity index (χ0) is 15.4. The molecule has 4 nitrogen and oxygen atoms in total. The van der Waals surface area contributed by atoms with E-state index in [0.717, 1.165) is 35.8 Å². The van der Waals surface area contributed by atoms with Gasteiger partial charge in [0.1, 0.15) is 12.4 Å². The van der Waals surface area contributed by atoms with Crippen LogP contribution in [0.3, 0.4) is 0 Å². The molecular formula is C16H22ClN3O. The maximum atomic E-state index is 6.31. The fourth-order valence-corrected chi connectivity index (χ4v) is 2.52. The highest BCUT2D eigenvalue weighted by molar-refractivity contribution is 6.31. The Hall–Kier alpha value is -1.52. The van der Waals surface area contributed by atoms with E-state index in [9.17, 15) is 0 Å². The average Bonchev–Trinajstić information content (AvgIpc) is 2.74. The van der Waals surface area contributed by atoms with Gasteiger partial charge in [0, 0.05) is 18.7 Å². The van der Waals surface area contributed by atoms with Gasteiger partial charge in [0.15, 0.2) is 0 Å². The van der Waals surface area contributed by atoms with Gasteiger partial charge in [-0.3, -0.25) is 4.68 Å². The first kappa shape index (κ1) is 15.9. The fourth-order valence-electron chi connectivity index (χ4n) is 2.33. The van der Waals surface area contributed by atoms with Crippen molar-refractivity contribution in [1.29, 1.82) is 0 Å². The van der Waals surface area contributed by atoms with Crippen LogP contribution in [0, 0.1) is 13.8 Å². The van der Waals surface area contributed by atoms with E-state index in [2.05, 4.69) is 29.5 Å². The maximum absolute atomic E-state index is 6.31. The summed E-state index contributed by atoms with van der Waals surface area (Å²) in [7, 11) is 1.93. The van der Waals surface area contributed by atoms with Crippen LogP contribution >= 0.6 is 11.6 Å². The molecule has 21 heavy (non-hydrogen) atoms. The molecule has 0 amide bonds. The Balaban J connectivity index is 2.20. The molecule has 0 fully saturated rings. The third kappa shape index (κ3) is 3.57. The Kier molecular flexibility index (Phi) is 5.26. The number of hydrogen-bond acceptors (Lipinski definition) is 3. The highest BCUT2D eigenvalue weighted by Gasteiger charge is 2.14. The minimum Gasteiger partial charge on any atom is -0.487 e. The minimum absolute atomic E-state index is 0.424. The van der Waals surface area contributed by atoms with Crippen LogP contribution < -0.4 is 10.1 Å². The highest BCUT2D eigenvalue weighted by atomic mass is 35.5. The van der Waals surface area contributed by atoms with Crippen LogP contribution in [0.4, 0.5) is 0 Å². The zero-order valence-electron chi connectivity index (χ0n) is 13.0. The van der Waals surface area contributed by atoms with Crippen molar-refractivity contribution in [3.8, 4) is 5.75 Å². The molecule has 1 N–H and O–H groups in total. The monoisotopic (exact) mass is 307 g/mol. The van der Waals surface area contributed by atoms with Gasteiger partial charge < -0.3 is 10.1 Å². The number of nitrogens with zero attached hydrogens (tertiary/aromatic N) is 2. The Bertz CT molecular complexity index is 622. The van der Waals surface area contributed by atoms with Gasteiger partial charge in [0.05, 0.1) is 16.4 Å². The van der Waals surface area contributed by atoms with Crippen molar-refractivity contribution in [3.63, 3.8) is 0 Å². The number of nitrogens with one attached hydrogen (secondary N) is 1.